The maximum absolute atomic E-state index is 10.9. The lowest BCUT2D eigenvalue weighted by molar-refractivity contribution is 0.477. The van der Waals surface area contributed by atoms with E-state index in [0.717, 1.165) is 31.9 Å². The highest BCUT2D eigenvalue weighted by Gasteiger charge is 2.01. The van der Waals surface area contributed by atoms with E-state index in [-0.39, 0.29) is 4.87 Å². The van der Waals surface area contributed by atoms with E-state index in [9.17, 15) is 4.79 Å². The number of rotatable bonds is 7. The molecule has 0 aliphatic rings. The van der Waals surface area contributed by atoms with Gasteiger partial charge in [0.25, 0.3) is 0 Å². The van der Waals surface area contributed by atoms with Crippen molar-refractivity contribution in [2.75, 3.05) is 19.6 Å². The van der Waals surface area contributed by atoms with Crippen LogP contribution >= 0.6 is 11.3 Å². The zero-order valence-electron chi connectivity index (χ0n) is 9.30. The van der Waals surface area contributed by atoms with Crippen molar-refractivity contribution in [1.82, 2.24) is 15.6 Å². The van der Waals surface area contributed by atoms with Crippen molar-refractivity contribution >= 4 is 11.3 Å². The van der Waals surface area contributed by atoms with Crippen molar-refractivity contribution in [2.24, 2.45) is 5.92 Å². The Morgan fingerprint density at radius 2 is 2.20 bits per heavy atom. The highest BCUT2D eigenvalue weighted by atomic mass is 32.1. The number of aromatic nitrogens is 1. The molecule has 3 N–H and O–H groups in total. The minimum absolute atomic E-state index is 0.0208. The number of hydrogen-bond donors (Lipinski definition) is 3. The second-order valence-corrected chi connectivity index (χ2v) is 4.56. The van der Waals surface area contributed by atoms with E-state index >= 15 is 0 Å². The van der Waals surface area contributed by atoms with Gasteiger partial charge in [0.15, 0.2) is 0 Å². The summed E-state index contributed by atoms with van der Waals surface area (Å²) in [6, 6.07) is 0. The summed E-state index contributed by atoms with van der Waals surface area (Å²) in [6.45, 7) is 8.06. The lowest BCUT2D eigenvalue weighted by Crippen LogP contribution is -2.29. The molecule has 0 aromatic carbocycles. The molecule has 4 nitrogen and oxygen atoms in total. The lowest BCUT2D eigenvalue weighted by atomic mass is 10.2. The highest BCUT2D eigenvalue weighted by Crippen LogP contribution is 1.96. The van der Waals surface area contributed by atoms with Crippen LogP contribution in [0.15, 0.2) is 10.2 Å². The Labute approximate surface area is 94.1 Å². The zero-order valence-corrected chi connectivity index (χ0v) is 10.1. The molecule has 5 heteroatoms. The van der Waals surface area contributed by atoms with Crippen molar-refractivity contribution < 1.29 is 0 Å². The summed E-state index contributed by atoms with van der Waals surface area (Å²) < 4.78 is 0. The molecular weight excluding hydrogens is 210 g/mol. The van der Waals surface area contributed by atoms with Crippen LogP contribution in [0, 0.1) is 5.92 Å². The van der Waals surface area contributed by atoms with Crippen LogP contribution < -0.4 is 15.5 Å². The van der Waals surface area contributed by atoms with Gasteiger partial charge < -0.3 is 15.6 Å². The second kappa shape index (κ2) is 6.76. The summed E-state index contributed by atoms with van der Waals surface area (Å²) in [5.74, 6) is 0.607. The standard InChI is InChI=1S/C10H19N3OS/c1-3-11-4-8(2)5-12-6-9-7-15-10(14)13-9/h7-8,11-12H,3-6H2,1-2H3,(H,13,14). The number of thiazole rings is 1. The SMILES string of the molecule is CCNCC(C)CNCc1csc(=O)[nH]1. The van der Waals surface area contributed by atoms with Gasteiger partial charge in [-0.15, -0.1) is 0 Å². The Morgan fingerprint density at radius 3 is 2.80 bits per heavy atom. The van der Waals surface area contributed by atoms with Crippen molar-refractivity contribution in [3.05, 3.63) is 20.7 Å². The lowest BCUT2D eigenvalue weighted by Gasteiger charge is -2.12. The molecule has 0 radical (unpaired) electrons. The van der Waals surface area contributed by atoms with E-state index in [1.54, 1.807) is 0 Å². The first-order valence-electron chi connectivity index (χ1n) is 5.30. The second-order valence-electron chi connectivity index (χ2n) is 3.72. The third kappa shape index (κ3) is 5.11. The number of hydrogen-bond acceptors (Lipinski definition) is 4. The van der Waals surface area contributed by atoms with E-state index in [0.29, 0.717) is 5.92 Å². The highest BCUT2D eigenvalue weighted by molar-refractivity contribution is 7.07. The van der Waals surface area contributed by atoms with Gasteiger partial charge in [-0.25, -0.2) is 0 Å². The molecule has 0 fully saturated rings. The van der Waals surface area contributed by atoms with Gasteiger partial charge in [-0.3, -0.25) is 4.79 Å². The minimum atomic E-state index is 0.0208. The van der Waals surface area contributed by atoms with Gasteiger partial charge in [-0.05, 0) is 25.6 Å². The molecule has 86 valence electrons. The Kier molecular flexibility index (Phi) is 5.60. The van der Waals surface area contributed by atoms with E-state index in [1.807, 2.05) is 5.38 Å². The first-order chi connectivity index (χ1) is 7.22. The van der Waals surface area contributed by atoms with Crippen molar-refractivity contribution in [1.29, 1.82) is 0 Å². The fraction of sp³-hybridized carbons (Fsp3) is 0.700. The Balaban J connectivity index is 2.13. The maximum atomic E-state index is 10.9. The predicted octanol–water partition coefficient (Wildman–Crippen LogP) is 0.772. The van der Waals surface area contributed by atoms with Gasteiger partial charge in [0, 0.05) is 17.6 Å². The third-order valence-corrected chi connectivity index (χ3v) is 2.84. The van der Waals surface area contributed by atoms with Crippen LogP contribution in [-0.4, -0.2) is 24.6 Å². The van der Waals surface area contributed by atoms with Crippen LogP contribution in [0.25, 0.3) is 0 Å². The van der Waals surface area contributed by atoms with Gasteiger partial charge in [-0.2, -0.15) is 0 Å². The van der Waals surface area contributed by atoms with E-state index in [4.69, 9.17) is 0 Å². The van der Waals surface area contributed by atoms with Crippen molar-refractivity contribution in [3.63, 3.8) is 0 Å². The molecule has 1 aromatic rings. The van der Waals surface area contributed by atoms with E-state index in [2.05, 4.69) is 29.5 Å². The zero-order chi connectivity index (χ0) is 11.1. The summed E-state index contributed by atoms with van der Waals surface area (Å²) in [6.07, 6.45) is 0. The topological polar surface area (TPSA) is 56.9 Å². The number of nitrogens with one attached hydrogen (secondary N) is 3. The third-order valence-electron chi connectivity index (χ3n) is 2.12. The van der Waals surface area contributed by atoms with Gasteiger partial charge in [0.2, 0.25) is 0 Å². The molecule has 15 heavy (non-hydrogen) atoms. The normalized spacial score (nSPS) is 12.9. The van der Waals surface area contributed by atoms with Crippen LogP contribution in [0.2, 0.25) is 0 Å². The average Bonchev–Trinajstić information content (AvgIpc) is 2.61. The molecule has 1 aromatic heterocycles. The molecule has 0 aliphatic heterocycles. The Bertz CT molecular complexity index is 320. The molecular formula is C10H19N3OS. The Morgan fingerprint density at radius 1 is 1.47 bits per heavy atom. The minimum Gasteiger partial charge on any atom is -0.317 e. The van der Waals surface area contributed by atoms with E-state index in [1.165, 1.54) is 11.3 Å². The molecule has 1 unspecified atom stereocenters. The van der Waals surface area contributed by atoms with Gasteiger partial charge in [-0.1, -0.05) is 25.2 Å². The molecule has 0 aliphatic carbocycles. The fourth-order valence-electron chi connectivity index (χ4n) is 1.32. The molecule has 1 rings (SSSR count). The van der Waals surface area contributed by atoms with Crippen LogP contribution in [0.3, 0.4) is 0 Å². The van der Waals surface area contributed by atoms with Gasteiger partial charge in [0.05, 0.1) is 0 Å². The summed E-state index contributed by atoms with van der Waals surface area (Å²) in [7, 11) is 0. The summed E-state index contributed by atoms with van der Waals surface area (Å²) in [5.41, 5.74) is 0.973. The number of H-pyrrole nitrogens is 1. The van der Waals surface area contributed by atoms with E-state index < -0.39 is 0 Å². The predicted molar refractivity (Wildman–Crippen MR) is 64.4 cm³/mol. The van der Waals surface area contributed by atoms with Gasteiger partial charge in [0.1, 0.15) is 0 Å². The molecule has 0 bridgehead atoms. The average molecular weight is 229 g/mol. The number of aromatic amines is 1. The molecule has 0 saturated heterocycles. The summed E-state index contributed by atoms with van der Waals surface area (Å²) in [5, 5.41) is 8.49. The summed E-state index contributed by atoms with van der Waals surface area (Å²) in [4.78, 5) is 13.7. The Hall–Kier alpha value is -0.650. The first kappa shape index (κ1) is 12.4. The van der Waals surface area contributed by atoms with Gasteiger partial charge >= 0.3 is 4.87 Å². The van der Waals surface area contributed by atoms with Crippen LogP contribution in [0.1, 0.15) is 19.5 Å². The van der Waals surface area contributed by atoms with Crippen molar-refractivity contribution in [3.8, 4) is 0 Å². The van der Waals surface area contributed by atoms with Crippen LogP contribution in [0.4, 0.5) is 0 Å². The fourth-order valence-corrected chi connectivity index (χ4v) is 1.90. The quantitative estimate of drug-likeness (QED) is 0.647. The maximum Gasteiger partial charge on any atom is 0.304 e. The monoisotopic (exact) mass is 229 g/mol. The van der Waals surface area contributed by atoms with Crippen LogP contribution in [0.5, 0.6) is 0 Å². The molecule has 0 saturated carbocycles. The van der Waals surface area contributed by atoms with Crippen LogP contribution in [-0.2, 0) is 6.54 Å². The largest absolute Gasteiger partial charge is 0.317 e. The molecule has 0 amide bonds. The van der Waals surface area contributed by atoms with Crippen molar-refractivity contribution in [2.45, 2.75) is 20.4 Å². The first-order valence-corrected chi connectivity index (χ1v) is 6.18. The molecule has 1 atom stereocenters. The molecule has 0 spiro atoms. The molecule has 1 heterocycles. The summed E-state index contributed by atoms with van der Waals surface area (Å²) >= 11 is 1.21. The smallest absolute Gasteiger partial charge is 0.304 e.